The molecule has 0 spiro atoms. The van der Waals surface area contributed by atoms with Gasteiger partial charge in [0.2, 0.25) is 0 Å². The van der Waals surface area contributed by atoms with E-state index in [4.69, 9.17) is 5.26 Å². The molecule has 0 amide bonds. The molecule has 5 nitrogen and oxygen atoms in total. The Balaban J connectivity index is 1.63. The van der Waals surface area contributed by atoms with Crippen molar-refractivity contribution in [2.45, 2.75) is 11.8 Å². The summed E-state index contributed by atoms with van der Waals surface area (Å²) in [6, 6.07) is 21.3. The Morgan fingerprint density at radius 2 is 1.79 bits per heavy atom. The number of benzene rings is 3. The van der Waals surface area contributed by atoms with Gasteiger partial charge < -0.3 is 0 Å². The highest BCUT2D eigenvalue weighted by Gasteiger charge is 2.16. The first kappa shape index (κ1) is 18.2. The van der Waals surface area contributed by atoms with E-state index >= 15 is 0 Å². The maximum atomic E-state index is 12.6. The van der Waals surface area contributed by atoms with Crippen LogP contribution >= 0.6 is 11.3 Å². The van der Waals surface area contributed by atoms with Crippen LogP contribution in [0.1, 0.15) is 11.1 Å². The van der Waals surface area contributed by atoms with Gasteiger partial charge >= 0.3 is 0 Å². The van der Waals surface area contributed by atoms with Gasteiger partial charge in [-0.15, -0.1) is 11.3 Å². The molecule has 4 rings (SSSR count). The normalized spacial score (nSPS) is 11.3. The Kier molecular flexibility index (Phi) is 4.59. The fraction of sp³-hybridized carbons (Fsp3) is 0.0476. The van der Waals surface area contributed by atoms with Crippen LogP contribution in [0.15, 0.2) is 71.6 Å². The van der Waals surface area contributed by atoms with E-state index in [9.17, 15) is 8.42 Å². The van der Waals surface area contributed by atoms with Gasteiger partial charge in [0.15, 0.2) is 0 Å². The van der Waals surface area contributed by atoms with Crippen molar-refractivity contribution in [1.29, 1.82) is 5.26 Å². The molecule has 0 saturated carbocycles. The van der Waals surface area contributed by atoms with E-state index in [0.717, 1.165) is 26.4 Å². The van der Waals surface area contributed by atoms with Gasteiger partial charge in [-0.3, -0.25) is 4.72 Å². The van der Waals surface area contributed by atoms with Gasteiger partial charge in [-0.05, 0) is 67.1 Å². The number of aromatic nitrogens is 1. The molecule has 0 aliphatic rings. The zero-order valence-corrected chi connectivity index (χ0v) is 16.5. The van der Waals surface area contributed by atoms with Crippen LogP contribution in [0.25, 0.3) is 20.8 Å². The largest absolute Gasteiger partial charge is 0.279 e. The molecule has 0 bridgehead atoms. The second-order valence-electron chi connectivity index (χ2n) is 6.26. The summed E-state index contributed by atoms with van der Waals surface area (Å²) in [6.07, 6.45) is 0. The standard InChI is InChI=1S/C21H15N3O2S2/c1-14-12-16(21-23-19-4-2-3-5-20(19)27-21)8-11-18(14)24-28(25,26)17-9-6-15(13-22)7-10-17/h2-12,24H,1H3. The minimum Gasteiger partial charge on any atom is -0.279 e. The van der Waals surface area contributed by atoms with Crippen molar-refractivity contribution in [2.24, 2.45) is 0 Å². The van der Waals surface area contributed by atoms with Crippen LogP contribution in [0.2, 0.25) is 0 Å². The minimum atomic E-state index is -3.73. The van der Waals surface area contributed by atoms with Crippen LogP contribution in [0.5, 0.6) is 0 Å². The van der Waals surface area contributed by atoms with Gasteiger partial charge in [-0.1, -0.05) is 12.1 Å². The van der Waals surface area contributed by atoms with Crippen molar-refractivity contribution in [3.63, 3.8) is 0 Å². The molecule has 0 fully saturated rings. The molecular weight excluding hydrogens is 390 g/mol. The summed E-state index contributed by atoms with van der Waals surface area (Å²) in [5, 5.41) is 9.74. The Labute approximate surface area is 167 Å². The fourth-order valence-corrected chi connectivity index (χ4v) is 4.91. The first-order valence-electron chi connectivity index (χ1n) is 8.46. The summed E-state index contributed by atoms with van der Waals surface area (Å²) in [5.41, 5.74) is 3.62. The van der Waals surface area contributed by atoms with Crippen molar-refractivity contribution in [3.05, 3.63) is 77.9 Å². The summed E-state index contributed by atoms with van der Waals surface area (Å²) in [6.45, 7) is 1.85. The lowest BCUT2D eigenvalue weighted by molar-refractivity contribution is 0.601. The molecule has 28 heavy (non-hydrogen) atoms. The highest BCUT2D eigenvalue weighted by atomic mass is 32.2. The summed E-state index contributed by atoms with van der Waals surface area (Å²) in [5.74, 6) is 0. The second-order valence-corrected chi connectivity index (χ2v) is 8.97. The number of hydrogen-bond donors (Lipinski definition) is 1. The number of anilines is 1. The van der Waals surface area contributed by atoms with Crippen molar-refractivity contribution >= 4 is 37.3 Å². The molecule has 138 valence electrons. The molecule has 0 aliphatic heterocycles. The Hall–Kier alpha value is -3.21. The van der Waals surface area contributed by atoms with Crippen molar-refractivity contribution in [3.8, 4) is 16.6 Å². The van der Waals surface area contributed by atoms with E-state index in [1.807, 2.05) is 49.4 Å². The Morgan fingerprint density at radius 3 is 2.46 bits per heavy atom. The van der Waals surface area contributed by atoms with Crippen LogP contribution in [0.3, 0.4) is 0 Å². The van der Waals surface area contributed by atoms with Crippen molar-refractivity contribution in [2.75, 3.05) is 4.72 Å². The SMILES string of the molecule is Cc1cc(-c2nc3ccccc3s2)ccc1NS(=O)(=O)c1ccc(C#N)cc1. The summed E-state index contributed by atoms with van der Waals surface area (Å²) in [4.78, 5) is 4.76. The second kappa shape index (κ2) is 7.08. The summed E-state index contributed by atoms with van der Waals surface area (Å²) < 4.78 is 29.0. The van der Waals surface area contributed by atoms with Crippen LogP contribution in [-0.2, 0) is 10.0 Å². The lowest BCUT2D eigenvalue weighted by Gasteiger charge is -2.11. The molecule has 7 heteroatoms. The number of nitrogens with one attached hydrogen (secondary N) is 1. The minimum absolute atomic E-state index is 0.112. The average molecular weight is 406 g/mol. The van der Waals surface area contributed by atoms with Crippen LogP contribution in [0.4, 0.5) is 5.69 Å². The maximum Gasteiger partial charge on any atom is 0.261 e. The molecule has 1 heterocycles. The number of hydrogen-bond acceptors (Lipinski definition) is 5. The average Bonchev–Trinajstić information content (AvgIpc) is 3.14. The smallest absolute Gasteiger partial charge is 0.261 e. The van der Waals surface area contributed by atoms with Gasteiger partial charge in [-0.25, -0.2) is 13.4 Å². The molecule has 0 aliphatic carbocycles. The van der Waals surface area contributed by atoms with E-state index < -0.39 is 10.0 Å². The van der Waals surface area contributed by atoms with Crippen molar-refractivity contribution < 1.29 is 8.42 Å². The lowest BCUT2D eigenvalue weighted by atomic mass is 10.1. The first-order chi connectivity index (χ1) is 13.5. The van der Waals surface area contributed by atoms with Crippen LogP contribution in [-0.4, -0.2) is 13.4 Å². The maximum absolute atomic E-state index is 12.6. The third-order valence-corrected chi connectivity index (χ3v) is 6.77. The van der Waals surface area contributed by atoms with Gasteiger partial charge in [-0.2, -0.15) is 5.26 Å². The van der Waals surface area contributed by atoms with Gasteiger partial charge in [0.1, 0.15) is 5.01 Å². The van der Waals surface area contributed by atoms with E-state index in [1.54, 1.807) is 17.4 Å². The van der Waals surface area contributed by atoms with Crippen LogP contribution in [0, 0.1) is 18.3 Å². The monoisotopic (exact) mass is 405 g/mol. The quantitative estimate of drug-likeness (QED) is 0.521. The topological polar surface area (TPSA) is 82.8 Å². The number of para-hydroxylation sites is 1. The van der Waals surface area contributed by atoms with Crippen molar-refractivity contribution in [1.82, 2.24) is 4.98 Å². The Bertz CT molecular complexity index is 1290. The number of fused-ring (bicyclic) bond motifs is 1. The van der Waals surface area contributed by atoms with Gasteiger partial charge in [0.05, 0.1) is 32.4 Å². The predicted molar refractivity (Wildman–Crippen MR) is 112 cm³/mol. The van der Waals surface area contributed by atoms with Gasteiger partial charge in [0, 0.05) is 5.56 Å². The molecule has 0 atom stereocenters. The number of nitriles is 1. The summed E-state index contributed by atoms with van der Waals surface area (Å²) in [7, 11) is -3.73. The van der Waals surface area contributed by atoms with Gasteiger partial charge in [0.25, 0.3) is 10.0 Å². The lowest BCUT2D eigenvalue weighted by Crippen LogP contribution is -2.13. The van der Waals surface area contributed by atoms with E-state index in [2.05, 4.69) is 9.71 Å². The molecule has 1 N–H and O–H groups in total. The van der Waals surface area contributed by atoms with Crippen LogP contribution < -0.4 is 4.72 Å². The highest BCUT2D eigenvalue weighted by molar-refractivity contribution is 7.92. The zero-order valence-electron chi connectivity index (χ0n) is 14.9. The molecule has 0 saturated heterocycles. The number of thiazole rings is 1. The molecule has 0 unspecified atom stereocenters. The molecular formula is C21H15N3O2S2. The van der Waals surface area contributed by atoms with E-state index in [1.165, 1.54) is 24.3 Å². The number of aryl methyl sites for hydroxylation is 1. The highest BCUT2D eigenvalue weighted by Crippen LogP contribution is 2.32. The van der Waals surface area contributed by atoms with E-state index in [0.29, 0.717) is 11.3 Å². The number of rotatable bonds is 4. The fourth-order valence-electron chi connectivity index (χ4n) is 2.82. The molecule has 0 radical (unpaired) electrons. The molecule has 4 aromatic rings. The molecule has 1 aromatic heterocycles. The predicted octanol–water partition coefficient (Wildman–Crippen LogP) is 4.94. The number of sulfonamides is 1. The number of nitrogens with zero attached hydrogens (tertiary/aromatic N) is 2. The van der Waals surface area contributed by atoms with E-state index in [-0.39, 0.29) is 4.90 Å². The third kappa shape index (κ3) is 3.48. The zero-order chi connectivity index (χ0) is 19.7. The summed E-state index contributed by atoms with van der Waals surface area (Å²) >= 11 is 1.60. The first-order valence-corrected chi connectivity index (χ1v) is 10.8. The Morgan fingerprint density at radius 1 is 1.04 bits per heavy atom. The molecule has 3 aromatic carbocycles. The third-order valence-electron chi connectivity index (χ3n) is 4.31.